The average Bonchev–Trinajstić information content (AvgIpc) is 2.42. The van der Waals surface area contributed by atoms with Crippen molar-refractivity contribution < 1.29 is 9.16 Å². The molecule has 1 aromatic rings. The van der Waals surface area contributed by atoms with Crippen LogP contribution in [0.1, 0.15) is 46.5 Å². The molecule has 0 spiro atoms. The number of benzene rings is 1. The first kappa shape index (κ1) is 18.6. The van der Waals surface area contributed by atoms with Gasteiger partial charge in [-0.2, -0.15) is 0 Å². The zero-order valence-electron chi connectivity index (χ0n) is 15.0. The number of nitrogen functional groups attached to an aromatic ring is 1. The van der Waals surface area contributed by atoms with Gasteiger partial charge in [0, 0.05) is 11.1 Å². The maximum absolute atomic E-state index is 6.52. The first-order valence-electron chi connectivity index (χ1n) is 8.48. The normalized spacial score (nSPS) is 22.9. The number of anilines is 1. The van der Waals surface area contributed by atoms with Gasteiger partial charge in [-0.1, -0.05) is 32.4 Å². The van der Waals surface area contributed by atoms with Crippen LogP contribution in [0.2, 0.25) is 23.2 Å². The van der Waals surface area contributed by atoms with Gasteiger partial charge in [0.15, 0.2) is 8.32 Å². The van der Waals surface area contributed by atoms with Crippen LogP contribution in [0.3, 0.4) is 0 Å². The number of hydrogen-bond acceptors (Lipinski definition) is 3. The minimum absolute atomic E-state index is 0.220. The highest BCUT2D eigenvalue weighted by atomic mass is 35.5. The van der Waals surface area contributed by atoms with Crippen molar-refractivity contribution >= 4 is 25.6 Å². The van der Waals surface area contributed by atoms with E-state index >= 15 is 0 Å². The van der Waals surface area contributed by atoms with E-state index in [-0.39, 0.29) is 11.1 Å². The molecule has 5 heteroatoms. The van der Waals surface area contributed by atoms with Crippen LogP contribution in [0.4, 0.5) is 5.69 Å². The highest BCUT2D eigenvalue weighted by Crippen LogP contribution is 2.39. The minimum atomic E-state index is -1.68. The second-order valence-electron chi connectivity index (χ2n) is 8.08. The van der Waals surface area contributed by atoms with E-state index in [9.17, 15) is 0 Å². The minimum Gasteiger partial charge on any atom is -0.488 e. The average molecular weight is 356 g/mol. The molecule has 0 bridgehead atoms. The molecule has 1 aliphatic carbocycles. The summed E-state index contributed by atoms with van der Waals surface area (Å²) in [4.78, 5) is 0. The molecule has 1 fully saturated rings. The van der Waals surface area contributed by atoms with Crippen LogP contribution >= 0.6 is 11.6 Å². The summed E-state index contributed by atoms with van der Waals surface area (Å²) in [6.07, 6.45) is 4.74. The lowest BCUT2D eigenvalue weighted by Gasteiger charge is -2.41. The lowest BCUT2D eigenvalue weighted by Crippen LogP contribution is -2.45. The van der Waals surface area contributed by atoms with Crippen LogP contribution in [-0.2, 0) is 4.43 Å². The Bertz CT molecular complexity index is 534. The third kappa shape index (κ3) is 4.88. The Morgan fingerprint density at radius 2 is 1.65 bits per heavy atom. The van der Waals surface area contributed by atoms with Crippen molar-refractivity contribution in [3.05, 3.63) is 23.2 Å². The molecule has 0 atom stereocenters. The zero-order chi connectivity index (χ0) is 17.3. The standard InChI is InChI=1S/C18H30ClNO2Si/c1-18(2,3)23(4,5)22-15-9-7-14(8-10-15)21-17-11-6-13(19)12-16(17)20/h6,11-12,14-15H,7-10,20H2,1-5H3/t14-,15-. The summed E-state index contributed by atoms with van der Waals surface area (Å²) in [5.41, 5.74) is 6.58. The smallest absolute Gasteiger partial charge is 0.192 e. The number of halogens is 1. The molecule has 0 heterocycles. The lowest BCUT2D eigenvalue weighted by molar-refractivity contribution is 0.0729. The van der Waals surface area contributed by atoms with Gasteiger partial charge in [-0.25, -0.2) is 0 Å². The zero-order valence-corrected chi connectivity index (χ0v) is 16.7. The van der Waals surface area contributed by atoms with E-state index in [4.69, 9.17) is 26.5 Å². The molecule has 23 heavy (non-hydrogen) atoms. The molecular weight excluding hydrogens is 326 g/mol. The van der Waals surface area contributed by atoms with Crippen molar-refractivity contribution in [3.63, 3.8) is 0 Å². The van der Waals surface area contributed by atoms with Crippen molar-refractivity contribution in [2.75, 3.05) is 5.73 Å². The van der Waals surface area contributed by atoms with Gasteiger partial charge in [0.2, 0.25) is 0 Å². The predicted molar refractivity (Wildman–Crippen MR) is 101 cm³/mol. The summed E-state index contributed by atoms with van der Waals surface area (Å²) in [5, 5.41) is 0.902. The molecule has 3 nitrogen and oxygen atoms in total. The number of rotatable bonds is 4. The van der Waals surface area contributed by atoms with Crippen molar-refractivity contribution in [2.24, 2.45) is 0 Å². The molecule has 0 aromatic heterocycles. The van der Waals surface area contributed by atoms with Crippen molar-refractivity contribution in [1.82, 2.24) is 0 Å². The molecule has 130 valence electrons. The molecule has 2 rings (SSSR count). The molecule has 2 N–H and O–H groups in total. The second-order valence-corrected chi connectivity index (χ2v) is 13.3. The summed E-state index contributed by atoms with van der Waals surface area (Å²) >= 11 is 5.93. The molecule has 0 aliphatic heterocycles. The maximum atomic E-state index is 6.52. The van der Waals surface area contributed by atoms with Gasteiger partial charge < -0.3 is 14.9 Å². The molecule has 1 aliphatic rings. The van der Waals surface area contributed by atoms with Crippen molar-refractivity contribution in [2.45, 2.75) is 76.8 Å². The van der Waals surface area contributed by atoms with E-state index in [0.29, 0.717) is 16.8 Å². The van der Waals surface area contributed by atoms with Crippen LogP contribution in [-0.4, -0.2) is 20.5 Å². The number of hydrogen-bond donors (Lipinski definition) is 1. The van der Waals surface area contributed by atoms with Crippen molar-refractivity contribution in [3.8, 4) is 5.75 Å². The third-order valence-corrected chi connectivity index (χ3v) is 9.92. The van der Waals surface area contributed by atoms with Gasteiger partial charge in [-0.15, -0.1) is 0 Å². The van der Waals surface area contributed by atoms with Gasteiger partial charge in [0.25, 0.3) is 0 Å². The highest BCUT2D eigenvalue weighted by Gasteiger charge is 2.39. The molecule has 0 saturated heterocycles. The van der Waals surface area contributed by atoms with Crippen LogP contribution < -0.4 is 10.5 Å². The fraction of sp³-hybridized carbons (Fsp3) is 0.667. The summed E-state index contributed by atoms with van der Waals surface area (Å²) in [6.45, 7) is 11.5. The first-order valence-corrected chi connectivity index (χ1v) is 11.8. The molecule has 1 aromatic carbocycles. The summed E-state index contributed by atoms with van der Waals surface area (Å²) in [6, 6.07) is 5.42. The van der Waals surface area contributed by atoms with Gasteiger partial charge in [-0.05, 0) is 62.0 Å². The predicted octanol–water partition coefficient (Wildman–Crippen LogP) is 5.63. The Morgan fingerprint density at radius 3 is 2.17 bits per heavy atom. The van der Waals surface area contributed by atoms with E-state index in [1.165, 1.54) is 0 Å². The SMILES string of the molecule is CC(C)(C)[Si](C)(C)O[C@H]1CC[C@H](Oc2ccc(Cl)cc2N)CC1. The van der Waals surface area contributed by atoms with E-state index in [1.807, 2.05) is 12.1 Å². The second kappa shape index (κ2) is 7.04. The molecule has 0 amide bonds. The Hall–Kier alpha value is -0.713. The number of nitrogens with two attached hydrogens (primary N) is 1. The molecule has 0 radical (unpaired) electrons. The third-order valence-electron chi connectivity index (χ3n) is 5.15. The van der Waals surface area contributed by atoms with E-state index in [0.717, 1.165) is 31.4 Å². The topological polar surface area (TPSA) is 44.5 Å². The van der Waals surface area contributed by atoms with Gasteiger partial charge >= 0.3 is 0 Å². The van der Waals surface area contributed by atoms with Crippen LogP contribution in [0.25, 0.3) is 0 Å². The van der Waals surface area contributed by atoms with Gasteiger partial charge in [-0.3, -0.25) is 0 Å². The fourth-order valence-corrected chi connectivity index (χ4v) is 4.27. The van der Waals surface area contributed by atoms with Gasteiger partial charge in [0.1, 0.15) is 5.75 Å². The fourth-order valence-electron chi connectivity index (χ4n) is 2.67. The Balaban J connectivity index is 1.87. The maximum Gasteiger partial charge on any atom is 0.192 e. The van der Waals surface area contributed by atoms with Crippen LogP contribution in [0.5, 0.6) is 5.75 Å². The summed E-state index contributed by atoms with van der Waals surface area (Å²) in [7, 11) is -1.68. The Labute approximate surface area is 146 Å². The van der Waals surface area contributed by atoms with Gasteiger partial charge in [0.05, 0.1) is 11.8 Å². The number of ether oxygens (including phenoxy) is 1. The summed E-state index contributed by atoms with van der Waals surface area (Å²) in [5.74, 6) is 0.739. The molecule has 1 saturated carbocycles. The van der Waals surface area contributed by atoms with E-state index in [2.05, 4.69) is 33.9 Å². The largest absolute Gasteiger partial charge is 0.488 e. The highest BCUT2D eigenvalue weighted by molar-refractivity contribution is 6.74. The molecular formula is C18H30ClNO2Si. The Kier molecular flexibility index (Phi) is 5.70. The van der Waals surface area contributed by atoms with E-state index < -0.39 is 8.32 Å². The summed E-state index contributed by atoms with van der Waals surface area (Å²) < 4.78 is 12.6. The Morgan fingerprint density at radius 1 is 1.09 bits per heavy atom. The quantitative estimate of drug-likeness (QED) is 0.562. The monoisotopic (exact) mass is 355 g/mol. The first-order chi connectivity index (χ1) is 10.6. The lowest BCUT2D eigenvalue weighted by atomic mass is 9.95. The van der Waals surface area contributed by atoms with E-state index in [1.54, 1.807) is 6.07 Å². The molecule has 0 unspecified atom stereocenters. The van der Waals surface area contributed by atoms with Crippen LogP contribution in [0.15, 0.2) is 18.2 Å². The van der Waals surface area contributed by atoms with Crippen LogP contribution in [0, 0.1) is 0 Å². The van der Waals surface area contributed by atoms with Crippen molar-refractivity contribution in [1.29, 1.82) is 0 Å².